The number of allylic oxidation sites excluding steroid dienone is 4. The highest BCUT2D eigenvalue weighted by Crippen LogP contribution is 2.40. The second-order valence-electron chi connectivity index (χ2n) is 5.97. The molecule has 2 aromatic heterocycles. The molecule has 4 rings (SSSR count). The smallest absolute Gasteiger partial charge is 0.197 e. The van der Waals surface area contributed by atoms with Gasteiger partial charge < -0.3 is 10.3 Å². The highest BCUT2D eigenvalue weighted by atomic mass is 19.2. The average molecular weight is 321 g/mol. The summed E-state index contributed by atoms with van der Waals surface area (Å²) < 4.78 is 42.7. The van der Waals surface area contributed by atoms with Gasteiger partial charge in [-0.05, 0) is 5.92 Å². The van der Waals surface area contributed by atoms with Crippen LogP contribution < -0.4 is 5.73 Å². The molecule has 3 atom stereocenters. The maximum Gasteiger partial charge on any atom is 0.197 e. The summed E-state index contributed by atoms with van der Waals surface area (Å²) >= 11 is 0. The molecule has 2 aliphatic rings. The van der Waals surface area contributed by atoms with Crippen LogP contribution in [0, 0.1) is 11.8 Å². The van der Waals surface area contributed by atoms with Gasteiger partial charge in [-0.3, -0.25) is 0 Å². The van der Waals surface area contributed by atoms with Crippen molar-refractivity contribution in [2.75, 3.05) is 0 Å². The van der Waals surface area contributed by atoms with Crippen LogP contribution in [0.1, 0.15) is 12.2 Å². The van der Waals surface area contributed by atoms with Gasteiger partial charge in [0.1, 0.15) is 17.5 Å². The third-order valence-electron chi connectivity index (χ3n) is 4.62. The number of hydrogen-bond donors (Lipinski definition) is 1. The standard InChI is InChI=1S/C15H14F3N5/c16-9-5-11(18)10(17)3-7(9)8-4-13-22-14-15(21-2-1-20-14)23(13)6-12(8)19/h1-2,5,7-8,12H,3-4,6,19H2/t7?,8-,12?/m1/s1. The first-order valence-corrected chi connectivity index (χ1v) is 7.37. The van der Waals surface area contributed by atoms with Crippen molar-refractivity contribution in [3.8, 4) is 0 Å². The van der Waals surface area contributed by atoms with E-state index < -0.39 is 29.4 Å². The maximum atomic E-state index is 14.1. The van der Waals surface area contributed by atoms with Crippen molar-refractivity contribution < 1.29 is 13.2 Å². The Morgan fingerprint density at radius 3 is 2.74 bits per heavy atom. The zero-order valence-corrected chi connectivity index (χ0v) is 12.1. The van der Waals surface area contributed by atoms with Crippen molar-refractivity contribution in [1.82, 2.24) is 19.5 Å². The molecule has 3 heterocycles. The minimum absolute atomic E-state index is 0.302. The van der Waals surface area contributed by atoms with Gasteiger partial charge >= 0.3 is 0 Å². The molecule has 0 saturated heterocycles. The van der Waals surface area contributed by atoms with Gasteiger partial charge in [-0.2, -0.15) is 0 Å². The minimum atomic E-state index is -1.14. The number of imidazole rings is 1. The number of hydrogen-bond acceptors (Lipinski definition) is 4. The minimum Gasteiger partial charge on any atom is -0.326 e. The number of aromatic nitrogens is 4. The summed E-state index contributed by atoms with van der Waals surface area (Å²) in [6.45, 7) is 0.396. The zero-order valence-electron chi connectivity index (χ0n) is 12.1. The SMILES string of the molecule is NC1Cn2c(nc3nccnc32)C[C@@H]1C1CC(F)=C(F)C=C1F. The zero-order chi connectivity index (χ0) is 16.1. The Morgan fingerprint density at radius 2 is 1.91 bits per heavy atom. The van der Waals surface area contributed by atoms with Crippen LogP contribution in [0.5, 0.6) is 0 Å². The lowest BCUT2D eigenvalue weighted by Crippen LogP contribution is -2.44. The van der Waals surface area contributed by atoms with Gasteiger partial charge in [0.15, 0.2) is 17.1 Å². The number of nitrogens with two attached hydrogens (primary N) is 1. The Bertz CT molecular complexity index is 841. The molecule has 2 N–H and O–H groups in total. The second-order valence-corrected chi connectivity index (χ2v) is 5.97. The van der Waals surface area contributed by atoms with Crippen LogP contribution in [0.3, 0.4) is 0 Å². The molecule has 0 bridgehead atoms. The Morgan fingerprint density at radius 1 is 1.13 bits per heavy atom. The number of halogens is 3. The molecule has 0 radical (unpaired) electrons. The fourth-order valence-corrected chi connectivity index (χ4v) is 3.44. The largest absolute Gasteiger partial charge is 0.326 e. The molecular weight excluding hydrogens is 307 g/mol. The van der Waals surface area contributed by atoms with E-state index in [0.717, 1.165) is 0 Å². The van der Waals surface area contributed by atoms with E-state index in [-0.39, 0.29) is 12.3 Å². The van der Waals surface area contributed by atoms with Crippen LogP contribution in [-0.4, -0.2) is 25.6 Å². The molecule has 1 aliphatic heterocycles. The quantitative estimate of drug-likeness (QED) is 0.875. The van der Waals surface area contributed by atoms with Gasteiger partial charge in [-0.1, -0.05) is 0 Å². The van der Waals surface area contributed by atoms with Gasteiger partial charge in [-0.25, -0.2) is 28.1 Å². The third kappa shape index (κ3) is 2.24. The monoisotopic (exact) mass is 321 g/mol. The van der Waals surface area contributed by atoms with Gasteiger partial charge in [-0.15, -0.1) is 0 Å². The average Bonchev–Trinajstić information content (AvgIpc) is 2.88. The van der Waals surface area contributed by atoms with Crippen LogP contribution >= 0.6 is 0 Å². The molecule has 2 unspecified atom stereocenters. The summed E-state index contributed by atoms with van der Waals surface area (Å²) in [5, 5.41) is 0. The number of rotatable bonds is 1. The van der Waals surface area contributed by atoms with Gasteiger partial charge in [0.2, 0.25) is 0 Å². The summed E-state index contributed by atoms with van der Waals surface area (Å²) in [6, 6.07) is -0.403. The molecule has 120 valence electrons. The van der Waals surface area contributed by atoms with Crippen LogP contribution in [0.25, 0.3) is 11.3 Å². The molecular formula is C15H14F3N5. The second kappa shape index (κ2) is 5.16. The van der Waals surface area contributed by atoms with E-state index in [1.165, 1.54) is 0 Å². The van der Waals surface area contributed by atoms with Crippen LogP contribution in [0.2, 0.25) is 0 Å². The van der Waals surface area contributed by atoms with Crippen molar-refractivity contribution in [3.05, 3.63) is 41.8 Å². The van der Waals surface area contributed by atoms with Crippen molar-refractivity contribution >= 4 is 11.3 Å². The Hall–Kier alpha value is -2.22. The number of nitrogens with zero attached hydrogens (tertiary/aromatic N) is 4. The van der Waals surface area contributed by atoms with Crippen LogP contribution in [0.15, 0.2) is 36.0 Å². The first-order valence-electron chi connectivity index (χ1n) is 7.37. The van der Waals surface area contributed by atoms with E-state index in [2.05, 4.69) is 15.0 Å². The van der Waals surface area contributed by atoms with E-state index in [1.807, 2.05) is 4.57 Å². The fourth-order valence-electron chi connectivity index (χ4n) is 3.44. The maximum absolute atomic E-state index is 14.1. The normalized spacial score (nSPS) is 28.0. The highest BCUT2D eigenvalue weighted by Gasteiger charge is 2.38. The van der Waals surface area contributed by atoms with E-state index in [0.29, 0.717) is 36.2 Å². The summed E-state index contributed by atoms with van der Waals surface area (Å²) in [6.07, 6.45) is 3.81. The molecule has 5 nitrogen and oxygen atoms in total. The Kier molecular flexibility index (Phi) is 3.22. The lowest BCUT2D eigenvalue weighted by atomic mass is 9.77. The topological polar surface area (TPSA) is 69.6 Å². The molecule has 1 aliphatic carbocycles. The first-order chi connectivity index (χ1) is 11.0. The van der Waals surface area contributed by atoms with E-state index in [9.17, 15) is 13.2 Å². The molecule has 0 aromatic carbocycles. The Balaban J connectivity index is 1.69. The van der Waals surface area contributed by atoms with Gasteiger partial charge in [0.25, 0.3) is 0 Å². The predicted molar refractivity (Wildman–Crippen MR) is 77.0 cm³/mol. The van der Waals surface area contributed by atoms with E-state index in [1.54, 1.807) is 12.4 Å². The lowest BCUT2D eigenvalue weighted by molar-refractivity contribution is 0.217. The summed E-state index contributed by atoms with van der Waals surface area (Å²) in [7, 11) is 0. The van der Waals surface area contributed by atoms with Crippen molar-refractivity contribution in [2.45, 2.75) is 25.4 Å². The fraction of sp³-hybridized carbons (Fsp3) is 0.400. The van der Waals surface area contributed by atoms with Gasteiger partial charge in [0, 0.05) is 49.8 Å². The van der Waals surface area contributed by atoms with Gasteiger partial charge in [0.05, 0.1) is 0 Å². The van der Waals surface area contributed by atoms with Crippen molar-refractivity contribution in [3.63, 3.8) is 0 Å². The molecule has 23 heavy (non-hydrogen) atoms. The van der Waals surface area contributed by atoms with Crippen molar-refractivity contribution in [1.29, 1.82) is 0 Å². The summed E-state index contributed by atoms with van der Waals surface area (Å²) in [5.41, 5.74) is 7.33. The molecule has 2 aromatic rings. The summed E-state index contributed by atoms with van der Waals surface area (Å²) in [4.78, 5) is 12.8. The lowest BCUT2D eigenvalue weighted by Gasteiger charge is -2.35. The van der Waals surface area contributed by atoms with Crippen LogP contribution in [-0.2, 0) is 13.0 Å². The Labute approximate surface area is 129 Å². The molecule has 0 fully saturated rings. The molecule has 0 saturated carbocycles. The van der Waals surface area contributed by atoms with Crippen LogP contribution in [0.4, 0.5) is 13.2 Å². The van der Waals surface area contributed by atoms with E-state index in [4.69, 9.17) is 5.73 Å². The molecule has 8 heteroatoms. The summed E-state index contributed by atoms with van der Waals surface area (Å²) in [5.74, 6) is -3.14. The van der Waals surface area contributed by atoms with Crippen molar-refractivity contribution in [2.24, 2.45) is 17.6 Å². The molecule has 0 amide bonds. The molecule has 0 spiro atoms. The number of fused-ring (bicyclic) bond motifs is 3. The third-order valence-corrected chi connectivity index (χ3v) is 4.62. The first kappa shape index (κ1) is 14.4. The predicted octanol–water partition coefficient (Wildman–Crippen LogP) is 2.35. The highest BCUT2D eigenvalue weighted by molar-refractivity contribution is 5.66. The van der Waals surface area contributed by atoms with E-state index >= 15 is 0 Å².